The third kappa shape index (κ3) is 4.87. The average Bonchev–Trinajstić information content (AvgIpc) is 2.92. The second-order valence-corrected chi connectivity index (χ2v) is 11.3. The molecule has 2 aliphatic heterocycles. The summed E-state index contributed by atoms with van der Waals surface area (Å²) in [6.07, 6.45) is 4.76. The molecule has 1 amide bonds. The number of piperazine rings is 1. The largest absolute Gasteiger partial charge is 0.338 e. The summed E-state index contributed by atoms with van der Waals surface area (Å²) in [6.45, 7) is 4.92. The van der Waals surface area contributed by atoms with Crippen molar-refractivity contribution in [3.05, 3.63) is 60.4 Å². The molecule has 2 aromatic carbocycles. The zero-order chi connectivity index (χ0) is 24.4. The van der Waals surface area contributed by atoms with Gasteiger partial charge in [0.05, 0.1) is 15.3 Å². The molecule has 0 radical (unpaired) electrons. The van der Waals surface area contributed by atoms with Crippen molar-refractivity contribution in [2.45, 2.75) is 23.8 Å². The number of aromatic nitrogens is 2. The fraction of sp³-hybridized carbons (Fsp3) is 0.360. The van der Waals surface area contributed by atoms with Crippen molar-refractivity contribution in [3.63, 3.8) is 0 Å². The van der Waals surface area contributed by atoms with E-state index in [1.807, 2.05) is 36.4 Å². The number of benzene rings is 2. The maximum absolute atomic E-state index is 13.7. The van der Waals surface area contributed by atoms with Crippen LogP contribution in [0.1, 0.15) is 23.2 Å². The lowest BCUT2D eigenvalue weighted by molar-refractivity contribution is 0.0705. The molecule has 3 heterocycles. The highest BCUT2D eigenvalue weighted by Crippen LogP contribution is 2.26. The number of carbonyl (C=O) groups excluding carboxylic acids is 1. The minimum absolute atomic E-state index is 0.215. The van der Waals surface area contributed by atoms with Gasteiger partial charge in [-0.1, -0.05) is 30.3 Å². The van der Waals surface area contributed by atoms with E-state index in [2.05, 4.69) is 36.0 Å². The summed E-state index contributed by atoms with van der Waals surface area (Å²) in [7, 11) is -2.52. The standard InChI is InChI=1S/C25H30N6O3S/c1-35(34,23-7-6-19-4-2-3-5-20(19)16-23)31-10-8-22(9-11-31)29-12-14-30(15-13-29)25-26-17-21(18-27-25)24(32)28-33/h2-7,16-18,22,33H,1,8-15H2,(H,28,32). The van der Waals surface area contributed by atoms with Gasteiger partial charge in [-0.25, -0.2) is 24.0 Å². The van der Waals surface area contributed by atoms with E-state index in [4.69, 9.17) is 5.21 Å². The predicted octanol–water partition coefficient (Wildman–Crippen LogP) is 2.03. The minimum atomic E-state index is -2.52. The molecule has 2 saturated heterocycles. The highest BCUT2D eigenvalue weighted by molar-refractivity contribution is 7.98. The van der Waals surface area contributed by atoms with Crippen LogP contribution in [0.4, 0.5) is 5.95 Å². The summed E-state index contributed by atoms with van der Waals surface area (Å²) in [4.78, 5) is 25.4. The van der Waals surface area contributed by atoms with E-state index in [-0.39, 0.29) is 5.56 Å². The summed E-state index contributed by atoms with van der Waals surface area (Å²) in [5, 5.41) is 11.0. The Morgan fingerprint density at radius 3 is 2.29 bits per heavy atom. The van der Waals surface area contributed by atoms with Gasteiger partial charge in [-0.05, 0) is 41.6 Å². The van der Waals surface area contributed by atoms with Crippen LogP contribution in [0.5, 0.6) is 0 Å². The van der Waals surface area contributed by atoms with E-state index in [1.165, 1.54) is 12.4 Å². The Balaban J connectivity index is 1.16. The number of piperidine rings is 1. The average molecular weight is 495 g/mol. The van der Waals surface area contributed by atoms with Crippen LogP contribution in [0.3, 0.4) is 0 Å². The third-order valence-corrected chi connectivity index (χ3v) is 9.24. The summed E-state index contributed by atoms with van der Waals surface area (Å²) in [5.74, 6) is 4.11. The van der Waals surface area contributed by atoms with Gasteiger partial charge >= 0.3 is 0 Å². The first kappa shape index (κ1) is 23.7. The Bertz CT molecular complexity index is 1300. The lowest BCUT2D eigenvalue weighted by Gasteiger charge is -2.43. The second-order valence-electron chi connectivity index (χ2n) is 9.05. The number of anilines is 1. The zero-order valence-corrected chi connectivity index (χ0v) is 20.4. The fourth-order valence-corrected chi connectivity index (χ4v) is 6.66. The molecule has 0 aliphatic carbocycles. The number of fused-ring (bicyclic) bond motifs is 1. The van der Waals surface area contributed by atoms with Gasteiger partial charge in [0.15, 0.2) is 0 Å². The molecule has 9 nitrogen and oxygen atoms in total. The van der Waals surface area contributed by atoms with Crippen LogP contribution in [0.25, 0.3) is 10.8 Å². The van der Waals surface area contributed by atoms with Crippen LogP contribution >= 0.6 is 0 Å². The van der Waals surface area contributed by atoms with Crippen molar-refractivity contribution in [3.8, 4) is 0 Å². The molecule has 1 aromatic heterocycles. The van der Waals surface area contributed by atoms with Crippen LogP contribution in [-0.2, 0) is 9.71 Å². The molecule has 1 atom stereocenters. The van der Waals surface area contributed by atoms with Crippen LogP contribution < -0.4 is 10.4 Å². The quantitative estimate of drug-likeness (QED) is 0.318. The van der Waals surface area contributed by atoms with Gasteiger partial charge in [-0.2, -0.15) is 0 Å². The van der Waals surface area contributed by atoms with Crippen molar-refractivity contribution in [2.24, 2.45) is 0 Å². The van der Waals surface area contributed by atoms with Crippen molar-refractivity contribution >= 4 is 38.2 Å². The van der Waals surface area contributed by atoms with E-state index < -0.39 is 15.6 Å². The Kier molecular flexibility index (Phi) is 6.70. The number of hydrogen-bond acceptors (Lipinski definition) is 7. The minimum Gasteiger partial charge on any atom is -0.338 e. The van der Waals surface area contributed by atoms with Crippen LogP contribution in [0.2, 0.25) is 0 Å². The van der Waals surface area contributed by atoms with Crippen molar-refractivity contribution < 1.29 is 14.2 Å². The highest BCUT2D eigenvalue weighted by atomic mass is 32.2. The smallest absolute Gasteiger partial charge is 0.277 e. The Morgan fingerprint density at radius 2 is 1.63 bits per heavy atom. The van der Waals surface area contributed by atoms with Gasteiger partial charge < -0.3 is 4.90 Å². The third-order valence-electron chi connectivity index (χ3n) is 7.05. The van der Waals surface area contributed by atoms with Crippen LogP contribution in [0.15, 0.2) is 59.8 Å². The SMILES string of the molecule is C=S(=O)(c1ccc2ccccc2c1)N1CCC(N2CCN(c3ncc(C(=O)NO)cn3)CC2)CC1. The molecule has 2 aliphatic rings. The first-order chi connectivity index (χ1) is 17.0. The molecular formula is C25H30N6O3S. The maximum Gasteiger partial charge on any atom is 0.277 e. The molecule has 2 N–H and O–H groups in total. The zero-order valence-electron chi connectivity index (χ0n) is 19.5. The normalized spacial score (nSPS) is 20.0. The van der Waals surface area contributed by atoms with Crippen molar-refractivity contribution in [2.75, 3.05) is 44.2 Å². The fourth-order valence-electron chi connectivity index (χ4n) is 4.97. The predicted molar refractivity (Wildman–Crippen MR) is 137 cm³/mol. The maximum atomic E-state index is 13.7. The van der Waals surface area contributed by atoms with Gasteiger partial charge in [0, 0.05) is 62.6 Å². The second kappa shape index (κ2) is 9.90. The number of nitrogens with zero attached hydrogens (tertiary/aromatic N) is 5. The molecule has 10 heteroatoms. The van der Waals surface area contributed by atoms with Gasteiger partial charge in [-0.15, -0.1) is 0 Å². The van der Waals surface area contributed by atoms with E-state index in [0.29, 0.717) is 12.0 Å². The van der Waals surface area contributed by atoms with Crippen LogP contribution in [0, 0.1) is 0 Å². The molecular weight excluding hydrogens is 464 g/mol. The molecule has 0 saturated carbocycles. The first-order valence-electron chi connectivity index (χ1n) is 11.8. The van der Waals surface area contributed by atoms with Crippen LogP contribution in [-0.4, -0.2) is 85.7 Å². The first-order valence-corrected chi connectivity index (χ1v) is 13.5. The number of nitrogens with one attached hydrogen (secondary N) is 1. The molecule has 35 heavy (non-hydrogen) atoms. The van der Waals surface area contributed by atoms with Gasteiger partial charge in [0.2, 0.25) is 5.95 Å². The summed E-state index contributed by atoms with van der Waals surface area (Å²) >= 11 is 0. The number of carbonyl (C=O) groups is 1. The molecule has 0 spiro atoms. The molecule has 3 aromatic rings. The summed E-state index contributed by atoms with van der Waals surface area (Å²) in [5.41, 5.74) is 1.80. The molecule has 184 valence electrons. The number of hydroxylamine groups is 1. The molecule has 1 unspecified atom stereocenters. The van der Waals surface area contributed by atoms with E-state index in [1.54, 1.807) is 5.48 Å². The van der Waals surface area contributed by atoms with Crippen molar-refractivity contribution in [1.82, 2.24) is 24.7 Å². The summed E-state index contributed by atoms with van der Waals surface area (Å²) in [6, 6.07) is 14.6. The number of rotatable bonds is 5. The number of hydrogen-bond donors (Lipinski definition) is 2. The lowest BCUT2D eigenvalue weighted by Crippen LogP contribution is -2.54. The number of amides is 1. The topological polar surface area (TPSA) is 102 Å². The summed E-state index contributed by atoms with van der Waals surface area (Å²) < 4.78 is 15.8. The Morgan fingerprint density at radius 1 is 0.971 bits per heavy atom. The highest BCUT2D eigenvalue weighted by Gasteiger charge is 2.31. The molecule has 0 bridgehead atoms. The monoisotopic (exact) mass is 494 g/mol. The Labute approximate surface area is 205 Å². The lowest BCUT2D eigenvalue weighted by atomic mass is 10.0. The van der Waals surface area contributed by atoms with Crippen molar-refractivity contribution in [1.29, 1.82) is 0 Å². The van der Waals surface area contributed by atoms with Gasteiger partial charge in [0.25, 0.3) is 5.91 Å². The van der Waals surface area contributed by atoms with E-state index in [9.17, 15) is 9.00 Å². The molecule has 2 fully saturated rings. The van der Waals surface area contributed by atoms with Gasteiger partial charge in [0.1, 0.15) is 0 Å². The molecule has 5 rings (SSSR count). The van der Waals surface area contributed by atoms with E-state index in [0.717, 1.165) is 67.8 Å². The Hall–Kier alpha value is -3.05. The van der Waals surface area contributed by atoms with Gasteiger partial charge in [-0.3, -0.25) is 14.9 Å². The van der Waals surface area contributed by atoms with E-state index >= 15 is 0 Å².